The van der Waals surface area contributed by atoms with Gasteiger partial charge in [-0.1, -0.05) is 24.3 Å². The van der Waals surface area contributed by atoms with Crippen molar-refractivity contribution >= 4 is 21.6 Å². The Balaban J connectivity index is 1.55. The van der Waals surface area contributed by atoms with Crippen LogP contribution in [-0.4, -0.2) is 38.6 Å². The molecule has 2 N–H and O–H groups in total. The number of anilines is 1. The highest BCUT2D eigenvalue weighted by atomic mass is 32.2. The minimum atomic E-state index is -3.34. The monoisotopic (exact) mass is 401 g/mol. The van der Waals surface area contributed by atoms with Crippen molar-refractivity contribution in [2.24, 2.45) is 0 Å². The highest BCUT2D eigenvalue weighted by Crippen LogP contribution is 2.18. The maximum Gasteiger partial charge on any atom is 0.251 e. The van der Waals surface area contributed by atoms with Gasteiger partial charge in [-0.3, -0.25) is 14.4 Å². The van der Waals surface area contributed by atoms with Gasteiger partial charge in [-0.25, -0.2) is 8.42 Å². The Bertz CT molecular complexity index is 934. The molecule has 0 unspecified atom stereocenters. The van der Waals surface area contributed by atoms with Gasteiger partial charge in [0.2, 0.25) is 10.0 Å². The fourth-order valence-corrected chi connectivity index (χ4v) is 3.99. The first kappa shape index (κ1) is 20.4. The highest BCUT2D eigenvalue weighted by molar-refractivity contribution is 7.92. The summed E-state index contributed by atoms with van der Waals surface area (Å²) in [6.07, 6.45) is 3.67. The number of benzene rings is 2. The van der Waals surface area contributed by atoms with Gasteiger partial charge < -0.3 is 5.32 Å². The molecule has 0 saturated carbocycles. The molecule has 0 spiro atoms. The van der Waals surface area contributed by atoms with Crippen LogP contribution in [0.15, 0.2) is 42.5 Å². The number of aryl methyl sites for hydroxylation is 1. The molecule has 6 nitrogen and oxygen atoms in total. The molecule has 1 fully saturated rings. The summed E-state index contributed by atoms with van der Waals surface area (Å²) in [5, 5.41) is 2.91. The molecule has 1 aliphatic rings. The number of likely N-dealkylation sites (tertiary alicyclic amines) is 1. The van der Waals surface area contributed by atoms with Crippen molar-refractivity contribution in [3.05, 3.63) is 64.7 Å². The summed E-state index contributed by atoms with van der Waals surface area (Å²) in [6, 6.07) is 13.3. The predicted octanol–water partition coefficient (Wildman–Crippen LogP) is 2.89. The molecule has 1 heterocycles. The summed E-state index contributed by atoms with van der Waals surface area (Å²) in [7, 11) is -3.34. The third-order valence-corrected chi connectivity index (χ3v) is 5.46. The van der Waals surface area contributed by atoms with Crippen molar-refractivity contribution in [2.45, 2.75) is 32.9 Å². The van der Waals surface area contributed by atoms with E-state index in [2.05, 4.69) is 39.2 Å². The zero-order valence-electron chi connectivity index (χ0n) is 16.4. The SMILES string of the molecule is Cc1cc(C(=O)NCc2ccc(CN3CCCC3)cc2)ccc1NS(C)(=O)=O. The van der Waals surface area contributed by atoms with E-state index in [4.69, 9.17) is 0 Å². The standard InChI is InChI=1S/C21H27N3O3S/c1-16-13-19(9-10-20(16)23-28(2,26)27)21(25)22-14-17-5-7-18(8-6-17)15-24-11-3-4-12-24/h5-10,13,23H,3-4,11-12,14-15H2,1-2H3,(H,22,25). The molecule has 3 rings (SSSR count). The lowest BCUT2D eigenvalue weighted by molar-refractivity contribution is 0.0951. The number of carbonyl (C=O) groups excluding carboxylic acids is 1. The highest BCUT2D eigenvalue weighted by Gasteiger charge is 2.12. The van der Waals surface area contributed by atoms with Crippen LogP contribution >= 0.6 is 0 Å². The average Bonchev–Trinajstić information content (AvgIpc) is 3.14. The summed E-state index contributed by atoms with van der Waals surface area (Å²) < 4.78 is 25.2. The molecule has 28 heavy (non-hydrogen) atoms. The van der Waals surface area contributed by atoms with Gasteiger partial charge >= 0.3 is 0 Å². The van der Waals surface area contributed by atoms with Crippen molar-refractivity contribution < 1.29 is 13.2 Å². The average molecular weight is 402 g/mol. The fraction of sp³-hybridized carbons (Fsp3) is 0.381. The normalized spacial score (nSPS) is 14.8. The van der Waals surface area contributed by atoms with E-state index in [0.29, 0.717) is 23.4 Å². The van der Waals surface area contributed by atoms with Crippen LogP contribution in [0.4, 0.5) is 5.69 Å². The fourth-order valence-electron chi connectivity index (χ4n) is 3.37. The van der Waals surface area contributed by atoms with Gasteiger partial charge in [-0.15, -0.1) is 0 Å². The van der Waals surface area contributed by atoms with Crippen LogP contribution in [0.25, 0.3) is 0 Å². The summed E-state index contributed by atoms with van der Waals surface area (Å²) in [4.78, 5) is 14.9. The van der Waals surface area contributed by atoms with E-state index in [-0.39, 0.29) is 5.91 Å². The van der Waals surface area contributed by atoms with E-state index in [1.807, 2.05) is 0 Å². The molecule has 1 saturated heterocycles. The lowest BCUT2D eigenvalue weighted by Gasteiger charge is -2.15. The summed E-state index contributed by atoms with van der Waals surface area (Å²) in [5.41, 5.74) is 4.02. The second-order valence-electron chi connectivity index (χ2n) is 7.39. The smallest absolute Gasteiger partial charge is 0.251 e. The number of rotatable bonds is 7. The molecule has 1 amide bonds. The maximum atomic E-state index is 12.4. The number of nitrogens with one attached hydrogen (secondary N) is 2. The molecular weight excluding hydrogens is 374 g/mol. The van der Waals surface area contributed by atoms with Crippen molar-refractivity contribution in [3.63, 3.8) is 0 Å². The zero-order chi connectivity index (χ0) is 20.1. The number of carbonyl (C=O) groups is 1. The maximum absolute atomic E-state index is 12.4. The second kappa shape index (κ2) is 8.75. The molecule has 0 aliphatic carbocycles. The first-order valence-electron chi connectivity index (χ1n) is 9.47. The van der Waals surface area contributed by atoms with E-state index in [0.717, 1.165) is 18.4 Å². The third-order valence-electron chi connectivity index (χ3n) is 4.86. The van der Waals surface area contributed by atoms with Gasteiger partial charge in [0.05, 0.1) is 11.9 Å². The minimum absolute atomic E-state index is 0.185. The topological polar surface area (TPSA) is 78.5 Å². The van der Waals surface area contributed by atoms with Crippen molar-refractivity contribution in [1.29, 1.82) is 0 Å². The molecule has 0 bridgehead atoms. The van der Waals surface area contributed by atoms with E-state index in [9.17, 15) is 13.2 Å². The summed E-state index contributed by atoms with van der Waals surface area (Å²) >= 11 is 0. The van der Waals surface area contributed by atoms with Gasteiger partial charge in [0.25, 0.3) is 5.91 Å². The molecule has 2 aromatic rings. The quantitative estimate of drug-likeness (QED) is 0.748. The van der Waals surface area contributed by atoms with Crippen LogP contribution < -0.4 is 10.0 Å². The number of nitrogens with zero attached hydrogens (tertiary/aromatic N) is 1. The molecule has 0 atom stereocenters. The summed E-state index contributed by atoms with van der Waals surface area (Å²) in [5.74, 6) is -0.185. The van der Waals surface area contributed by atoms with Crippen LogP contribution in [0.2, 0.25) is 0 Å². The van der Waals surface area contributed by atoms with Gasteiger partial charge in [0.1, 0.15) is 0 Å². The van der Waals surface area contributed by atoms with E-state index < -0.39 is 10.0 Å². The van der Waals surface area contributed by atoms with E-state index >= 15 is 0 Å². The van der Waals surface area contributed by atoms with Crippen LogP contribution in [0.3, 0.4) is 0 Å². The third kappa shape index (κ3) is 5.81. The predicted molar refractivity (Wildman–Crippen MR) is 112 cm³/mol. The molecule has 7 heteroatoms. The molecule has 1 aliphatic heterocycles. The largest absolute Gasteiger partial charge is 0.348 e. The van der Waals surface area contributed by atoms with Gasteiger partial charge in [-0.05, 0) is 67.7 Å². The van der Waals surface area contributed by atoms with E-state index in [1.165, 1.54) is 31.5 Å². The Hall–Kier alpha value is -2.38. The summed E-state index contributed by atoms with van der Waals surface area (Å²) in [6.45, 7) is 5.56. The molecular formula is C21H27N3O3S. The van der Waals surface area contributed by atoms with Gasteiger partial charge in [0, 0.05) is 18.7 Å². The van der Waals surface area contributed by atoms with Crippen molar-refractivity contribution in [1.82, 2.24) is 10.2 Å². The van der Waals surface area contributed by atoms with Crippen LogP contribution in [-0.2, 0) is 23.1 Å². The number of hydrogen-bond acceptors (Lipinski definition) is 4. The Labute approximate surface area is 167 Å². The molecule has 0 aromatic heterocycles. The number of hydrogen-bond donors (Lipinski definition) is 2. The zero-order valence-corrected chi connectivity index (χ0v) is 17.2. The first-order chi connectivity index (χ1) is 13.3. The van der Waals surface area contributed by atoms with Crippen LogP contribution in [0, 0.1) is 6.92 Å². The Morgan fingerprint density at radius 2 is 1.68 bits per heavy atom. The number of sulfonamides is 1. The van der Waals surface area contributed by atoms with E-state index in [1.54, 1.807) is 25.1 Å². The van der Waals surface area contributed by atoms with Crippen LogP contribution in [0.1, 0.15) is 39.9 Å². The Kier molecular flexibility index (Phi) is 6.36. The lowest BCUT2D eigenvalue weighted by Crippen LogP contribution is -2.23. The van der Waals surface area contributed by atoms with Gasteiger partial charge in [-0.2, -0.15) is 0 Å². The number of amides is 1. The van der Waals surface area contributed by atoms with Crippen molar-refractivity contribution in [2.75, 3.05) is 24.1 Å². The Morgan fingerprint density at radius 3 is 2.29 bits per heavy atom. The molecule has 0 radical (unpaired) electrons. The van der Waals surface area contributed by atoms with Gasteiger partial charge in [0.15, 0.2) is 0 Å². The lowest BCUT2D eigenvalue weighted by atomic mass is 10.1. The minimum Gasteiger partial charge on any atom is -0.348 e. The van der Waals surface area contributed by atoms with Crippen molar-refractivity contribution in [3.8, 4) is 0 Å². The first-order valence-corrected chi connectivity index (χ1v) is 11.4. The Morgan fingerprint density at radius 1 is 1.04 bits per heavy atom. The second-order valence-corrected chi connectivity index (χ2v) is 9.13. The molecule has 150 valence electrons. The van der Waals surface area contributed by atoms with Crippen LogP contribution in [0.5, 0.6) is 0 Å². The molecule has 2 aromatic carbocycles.